The van der Waals surface area contributed by atoms with Crippen LogP contribution in [0, 0.1) is 0 Å². The summed E-state index contributed by atoms with van der Waals surface area (Å²) in [5.74, 6) is -0.544. The molecule has 0 spiro atoms. The van der Waals surface area contributed by atoms with E-state index in [9.17, 15) is 19.8 Å². The van der Waals surface area contributed by atoms with Gasteiger partial charge in [0.15, 0.2) is 0 Å². The molecule has 0 aromatic carbocycles. The Morgan fingerprint density at radius 2 is 0.885 bits per heavy atom. The number of nitrogens with one attached hydrogen (secondary N) is 1. The van der Waals surface area contributed by atoms with Gasteiger partial charge in [-0.3, -0.25) is 9.59 Å². The molecule has 0 saturated carbocycles. The van der Waals surface area contributed by atoms with E-state index in [1.54, 1.807) is 0 Å². The van der Waals surface area contributed by atoms with Gasteiger partial charge in [0.1, 0.15) is 6.10 Å². The van der Waals surface area contributed by atoms with Crippen LogP contribution in [0.2, 0.25) is 0 Å². The highest BCUT2D eigenvalue weighted by molar-refractivity contribution is 5.77. The quantitative estimate of drug-likeness (QED) is 0.0323. The average Bonchev–Trinajstić information content (AvgIpc) is 3.25. The van der Waals surface area contributed by atoms with Crippen LogP contribution in [0.1, 0.15) is 213 Å². The summed E-state index contributed by atoms with van der Waals surface area (Å²) in [6.07, 6.45) is 63.2. The lowest BCUT2D eigenvalue weighted by molar-refractivity contribution is -0.151. The van der Waals surface area contributed by atoms with Crippen molar-refractivity contribution in [3.05, 3.63) is 97.2 Å². The maximum Gasteiger partial charge on any atom is 0.306 e. The lowest BCUT2D eigenvalue weighted by Gasteiger charge is -2.24. The highest BCUT2D eigenvalue weighted by atomic mass is 16.5. The number of esters is 1. The average molecular weight is 848 g/mol. The molecule has 0 aliphatic carbocycles. The summed E-state index contributed by atoms with van der Waals surface area (Å²) in [6, 6.07) is -0.720. The molecule has 3 unspecified atom stereocenters. The third kappa shape index (κ3) is 43.2. The van der Waals surface area contributed by atoms with Crippen molar-refractivity contribution in [3.63, 3.8) is 0 Å². The molecule has 0 radical (unpaired) electrons. The van der Waals surface area contributed by atoms with Crippen LogP contribution >= 0.6 is 0 Å². The number of aliphatic hydroxyl groups excluding tert-OH is 2. The maximum absolute atomic E-state index is 13.2. The number of unbranched alkanes of at least 4 members (excludes halogenated alkanes) is 15. The fraction of sp³-hybridized carbons (Fsp3) is 0.673. The predicted octanol–water partition coefficient (Wildman–Crippen LogP) is 14.9. The Kier molecular flexibility index (Phi) is 45.3. The smallest absolute Gasteiger partial charge is 0.306 e. The summed E-state index contributed by atoms with van der Waals surface area (Å²) in [7, 11) is 0. The van der Waals surface area contributed by atoms with Crippen molar-refractivity contribution in [2.75, 3.05) is 6.61 Å². The third-order valence-corrected chi connectivity index (χ3v) is 10.7. The van der Waals surface area contributed by atoms with E-state index >= 15 is 0 Å². The van der Waals surface area contributed by atoms with Crippen LogP contribution in [0.15, 0.2) is 97.2 Å². The highest BCUT2D eigenvalue weighted by Crippen LogP contribution is 2.17. The van der Waals surface area contributed by atoms with Gasteiger partial charge in [0.2, 0.25) is 5.91 Å². The SMILES string of the molecule is CC/C=C\C/C=C\C/C=C\C/C=C\C/C=C\CCCCCC(=O)OC(CCCCCC/C=C/C/C=C/C/C=C/CC)CC(=O)NC(CO)C(O)CCCCCCCCCCC. The number of ether oxygens (including phenoxy) is 1. The van der Waals surface area contributed by atoms with Gasteiger partial charge in [-0.2, -0.15) is 0 Å². The fourth-order valence-corrected chi connectivity index (χ4v) is 6.94. The molecule has 3 N–H and O–H groups in total. The summed E-state index contributed by atoms with van der Waals surface area (Å²) < 4.78 is 5.90. The first-order chi connectivity index (χ1) is 30.0. The maximum atomic E-state index is 13.2. The molecule has 0 bridgehead atoms. The van der Waals surface area contributed by atoms with E-state index in [-0.39, 0.29) is 24.9 Å². The molecule has 0 fully saturated rings. The number of rotatable bonds is 43. The first-order valence-electron chi connectivity index (χ1n) is 25.0. The van der Waals surface area contributed by atoms with Crippen molar-refractivity contribution in [3.8, 4) is 0 Å². The van der Waals surface area contributed by atoms with Crippen LogP contribution in [-0.2, 0) is 14.3 Å². The topological polar surface area (TPSA) is 95.9 Å². The third-order valence-electron chi connectivity index (χ3n) is 10.7. The normalized spacial score (nSPS) is 14.1. The van der Waals surface area contributed by atoms with Gasteiger partial charge in [-0.1, -0.05) is 195 Å². The van der Waals surface area contributed by atoms with Crippen molar-refractivity contribution in [2.45, 2.75) is 232 Å². The predicted molar refractivity (Wildman–Crippen MR) is 264 cm³/mol. The molecule has 0 aliphatic heterocycles. The molecule has 1 amide bonds. The van der Waals surface area contributed by atoms with Crippen LogP contribution in [0.5, 0.6) is 0 Å². The molecule has 6 heteroatoms. The van der Waals surface area contributed by atoms with E-state index in [1.165, 1.54) is 38.5 Å². The van der Waals surface area contributed by atoms with Crippen LogP contribution in [0.3, 0.4) is 0 Å². The Bertz CT molecular complexity index is 1220. The first kappa shape index (κ1) is 57.8. The second-order valence-electron chi connectivity index (χ2n) is 16.4. The molecule has 0 rings (SSSR count). The number of aliphatic hydroxyl groups is 2. The zero-order valence-electron chi connectivity index (χ0n) is 39.5. The molecule has 348 valence electrons. The van der Waals surface area contributed by atoms with Gasteiger partial charge in [-0.25, -0.2) is 0 Å². The van der Waals surface area contributed by atoms with E-state index in [0.29, 0.717) is 19.3 Å². The Hall–Kier alpha value is -3.22. The number of carbonyl (C=O) groups excluding carboxylic acids is 2. The lowest BCUT2D eigenvalue weighted by atomic mass is 10.0. The number of hydrogen-bond acceptors (Lipinski definition) is 5. The van der Waals surface area contributed by atoms with Crippen molar-refractivity contribution in [1.29, 1.82) is 0 Å². The molecule has 0 saturated heterocycles. The highest BCUT2D eigenvalue weighted by Gasteiger charge is 2.24. The number of allylic oxidation sites excluding steroid dienone is 16. The number of carbonyl (C=O) groups is 2. The van der Waals surface area contributed by atoms with Crippen LogP contribution in [-0.4, -0.2) is 46.9 Å². The van der Waals surface area contributed by atoms with Gasteiger partial charge in [-0.05, 0) is 103 Å². The molecule has 3 atom stereocenters. The van der Waals surface area contributed by atoms with Gasteiger partial charge in [-0.15, -0.1) is 0 Å². The Labute approximate surface area is 376 Å². The van der Waals surface area contributed by atoms with Crippen molar-refractivity contribution in [2.24, 2.45) is 0 Å². The molecule has 0 aromatic heterocycles. The molecule has 61 heavy (non-hydrogen) atoms. The summed E-state index contributed by atoms with van der Waals surface area (Å²) >= 11 is 0. The minimum absolute atomic E-state index is 0.0432. The molecular weight excluding hydrogens is 755 g/mol. The molecule has 0 heterocycles. The largest absolute Gasteiger partial charge is 0.462 e. The minimum Gasteiger partial charge on any atom is -0.462 e. The van der Waals surface area contributed by atoms with E-state index < -0.39 is 18.2 Å². The second kappa shape index (κ2) is 47.8. The van der Waals surface area contributed by atoms with E-state index in [1.807, 2.05) is 0 Å². The van der Waals surface area contributed by atoms with Crippen LogP contribution in [0.25, 0.3) is 0 Å². The molecular formula is C55H93NO5. The summed E-state index contributed by atoms with van der Waals surface area (Å²) in [4.78, 5) is 26.1. The second-order valence-corrected chi connectivity index (χ2v) is 16.4. The van der Waals surface area contributed by atoms with Gasteiger partial charge in [0.05, 0.1) is 25.2 Å². The Morgan fingerprint density at radius 1 is 0.492 bits per heavy atom. The number of amides is 1. The Morgan fingerprint density at radius 3 is 1.34 bits per heavy atom. The van der Waals surface area contributed by atoms with Gasteiger partial charge < -0.3 is 20.3 Å². The zero-order chi connectivity index (χ0) is 44.5. The van der Waals surface area contributed by atoms with Crippen molar-refractivity contribution in [1.82, 2.24) is 5.32 Å². The summed E-state index contributed by atoms with van der Waals surface area (Å²) in [5, 5.41) is 23.6. The minimum atomic E-state index is -0.804. The van der Waals surface area contributed by atoms with Crippen LogP contribution in [0.4, 0.5) is 0 Å². The number of hydrogen-bond donors (Lipinski definition) is 3. The molecule has 0 aliphatic rings. The van der Waals surface area contributed by atoms with Gasteiger partial charge >= 0.3 is 5.97 Å². The zero-order valence-corrected chi connectivity index (χ0v) is 39.5. The van der Waals surface area contributed by atoms with E-state index in [2.05, 4.69) is 123 Å². The van der Waals surface area contributed by atoms with Gasteiger partial charge in [0.25, 0.3) is 0 Å². The standard InChI is InChI=1S/C55H93NO5/c1-4-7-10-13-16-19-21-23-25-26-27-28-29-31-33-36-39-42-45-48-55(60)61-51(46-43-40-37-35-32-30-24-22-20-17-14-11-8-5-2)49-54(59)56-52(50-57)53(58)47-44-41-38-34-18-15-12-9-6-3/h7-8,10-11,16-17,19-20,23-25,27-28,30-31,33,51-53,57-58H,4-6,9,12-15,18,21-22,26,29,32,34-50H2,1-3H3,(H,56,59)/b10-7-,11-8+,19-16-,20-17+,25-23-,28-27-,30-24+,33-31-. The van der Waals surface area contributed by atoms with Crippen molar-refractivity contribution >= 4 is 11.9 Å². The molecule has 6 nitrogen and oxygen atoms in total. The molecule has 0 aromatic rings. The first-order valence-corrected chi connectivity index (χ1v) is 25.0. The van der Waals surface area contributed by atoms with E-state index in [4.69, 9.17) is 4.74 Å². The fourth-order valence-electron chi connectivity index (χ4n) is 6.94. The van der Waals surface area contributed by atoms with Crippen LogP contribution < -0.4 is 5.32 Å². The summed E-state index contributed by atoms with van der Waals surface area (Å²) in [6.45, 7) is 6.21. The monoisotopic (exact) mass is 848 g/mol. The van der Waals surface area contributed by atoms with Crippen molar-refractivity contribution < 1.29 is 24.5 Å². The van der Waals surface area contributed by atoms with Gasteiger partial charge in [0, 0.05) is 6.42 Å². The van der Waals surface area contributed by atoms with E-state index in [0.717, 1.165) is 128 Å². The Balaban J connectivity index is 4.68. The summed E-state index contributed by atoms with van der Waals surface area (Å²) in [5.41, 5.74) is 0. The lowest BCUT2D eigenvalue weighted by Crippen LogP contribution is -2.46.